The molecular weight excluding hydrogens is 361 g/mol. The molecule has 0 atom stereocenters. The molecule has 0 fully saturated rings. The van der Waals surface area contributed by atoms with Crippen molar-refractivity contribution in [3.05, 3.63) is 27.8 Å². The molecule has 1 rings (SSSR count). The Morgan fingerprint density at radius 3 is 1.58 bits per heavy atom. The van der Waals surface area contributed by atoms with Crippen LogP contribution in [-0.2, 0) is 31.0 Å². The van der Waals surface area contributed by atoms with E-state index in [4.69, 9.17) is 23.2 Å². The highest BCUT2D eigenvalue weighted by Gasteiger charge is 2.22. The fourth-order valence-corrected chi connectivity index (χ4v) is 4.73. The van der Waals surface area contributed by atoms with Gasteiger partial charge < -0.3 is 4.90 Å². The summed E-state index contributed by atoms with van der Waals surface area (Å²) in [4.78, 5) is 2.25. The molecule has 0 aliphatic carbocycles. The van der Waals surface area contributed by atoms with Crippen LogP contribution in [0.3, 0.4) is 0 Å². The molecule has 0 aliphatic heterocycles. The topological polar surface area (TPSA) is 3.24 Å². The first-order chi connectivity index (χ1) is 12.6. The monoisotopic (exact) mass is 399 g/mol. The Kier molecular flexibility index (Phi) is 11.7. The molecule has 0 saturated heterocycles. The minimum atomic E-state index is 0.590. The summed E-state index contributed by atoms with van der Waals surface area (Å²) in [5.41, 5.74) is 8.48. The number of rotatable bonds is 13. The third kappa shape index (κ3) is 6.06. The predicted molar refractivity (Wildman–Crippen MR) is 120 cm³/mol. The highest BCUT2D eigenvalue weighted by atomic mass is 35.5. The molecule has 0 unspecified atom stereocenters. The van der Waals surface area contributed by atoms with Gasteiger partial charge in [-0.3, -0.25) is 0 Å². The van der Waals surface area contributed by atoms with Crippen molar-refractivity contribution in [1.82, 2.24) is 0 Å². The Morgan fingerprint density at radius 2 is 1.12 bits per heavy atom. The lowest BCUT2D eigenvalue weighted by Gasteiger charge is -2.29. The van der Waals surface area contributed by atoms with E-state index in [1.165, 1.54) is 78.5 Å². The fourth-order valence-electron chi connectivity index (χ4n) is 4.12. The fraction of sp³-hybridized carbons (Fsp3) is 0.739. The largest absolute Gasteiger partial charge is 0.377 e. The maximum absolute atomic E-state index is 6.52. The van der Waals surface area contributed by atoms with Crippen molar-refractivity contribution in [1.29, 1.82) is 0 Å². The minimum Gasteiger partial charge on any atom is -0.377 e. The standard InChI is InChI=1S/C23H39Cl2N/c1-6-9-11-13-15-20-19(14-12-10-7-2)21(16-24)18(8-3)23(26(4)5)22(20)17-25/h6-17H2,1-5H3. The third-order valence-electron chi connectivity index (χ3n) is 5.41. The first kappa shape index (κ1) is 23.6. The van der Waals surface area contributed by atoms with E-state index < -0.39 is 0 Å². The molecule has 0 bridgehead atoms. The number of unbranched alkanes of at least 4 members (excludes halogenated alkanes) is 5. The number of hydrogen-bond donors (Lipinski definition) is 0. The SMILES string of the molecule is CCCCCCc1c(CCCCC)c(CCl)c(CC)c(N(C)C)c1CCl. The zero-order valence-corrected chi connectivity index (χ0v) is 19.2. The molecule has 1 aromatic rings. The lowest BCUT2D eigenvalue weighted by molar-refractivity contribution is 0.656. The predicted octanol–water partition coefficient (Wildman–Crippen LogP) is 7.65. The van der Waals surface area contributed by atoms with Gasteiger partial charge in [0, 0.05) is 31.5 Å². The molecule has 0 spiro atoms. The van der Waals surface area contributed by atoms with Gasteiger partial charge in [-0.1, -0.05) is 52.9 Å². The molecule has 0 aliphatic rings. The van der Waals surface area contributed by atoms with Crippen molar-refractivity contribution in [2.24, 2.45) is 0 Å². The Hall–Kier alpha value is -0.400. The van der Waals surface area contributed by atoms with Gasteiger partial charge in [0.25, 0.3) is 0 Å². The van der Waals surface area contributed by atoms with Crippen LogP contribution < -0.4 is 4.90 Å². The molecule has 0 N–H and O–H groups in total. The van der Waals surface area contributed by atoms with Crippen molar-refractivity contribution in [2.75, 3.05) is 19.0 Å². The number of benzene rings is 1. The summed E-state index contributed by atoms with van der Waals surface area (Å²) >= 11 is 13.0. The molecule has 0 heterocycles. The molecule has 0 radical (unpaired) electrons. The summed E-state index contributed by atoms with van der Waals surface area (Å²) in [6.45, 7) is 6.78. The molecule has 1 aromatic carbocycles. The summed E-state index contributed by atoms with van der Waals surface area (Å²) in [7, 11) is 4.28. The normalized spacial score (nSPS) is 11.2. The zero-order chi connectivity index (χ0) is 19.5. The van der Waals surface area contributed by atoms with Crippen LogP contribution in [0.15, 0.2) is 0 Å². The average molecular weight is 400 g/mol. The van der Waals surface area contributed by atoms with Gasteiger partial charge >= 0.3 is 0 Å². The number of halogens is 2. The van der Waals surface area contributed by atoms with Gasteiger partial charge in [-0.2, -0.15) is 0 Å². The van der Waals surface area contributed by atoms with Crippen LogP contribution >= 0.6 is 23.2 Å². The van der Waals surface area contributed by atoms with Gasteiger partial charge in [-0.25, -0.2) is 0 Å². The maximum Gasteiger partial charge on any atom is 0.0497 e. The van der Waals surface area contributed by atoms with E-state index in [0.717, 1.165) is 19.3 Å². The molecule has 3 heteroatoms. The van der Waals surface area contributed by atoms with Crippen LogP contribution in [0.5, 0.6) is 0 Å². The van der Waals surface area contributed by atoms with Gasteiger partial charge in [0.15, 0.2) is 0 Å². The quantitative estimate of drug-likeness (QED) is 0.243. The van der Waals surface area contributed by atoms with Crippen LogP contribution in [0.4, 0.5) is 5.69 Å². The lowest BCUT2D eigenvalue weighted by atomic mass is 9.84. The average Bonchev–Trinajstić information content (AvgIpc) is 2.64. The van der Waals surface area contributed by atoms with E-state index in [0.29, 0.717) is 11.8 Å². The third-order valence-corrected chi connectivity index (χ3v) is 5.94. The number of nitrogens with zero attached hydrogens (tertiary/aromatic N) is 1. The molecule has 0 aromatic heterocycles. The van der Waals surface area contributed by atoms with Gasteiger partial charge in [-0.05, 0) is 59.9 Å². The van der Waals surface area contributed by atoms with Crippen molar-refractivity contribution in [3.8, 4) is 0 Å². The Labute approximate surface area is 172 Å². The molecular formula is C23H39Cl2N. The lowest BCUT2D eigenvalue weighted by Crippen LogP contribution is -2.19. The second-order valence-corrected chi connectivity index (χ2v) is 8.06. The van der Waals surface area contributed by atoms with Crippen molar-refractivity contribution in [3.63, 3.8) is 0 Å². The number of alkyl halides is 2. The molecule has 0 saturated carbocycles. The summed E-state index contributed by atoms with van der Waals surface area (Å²) in [6, 6.07) is 0. The molecule has 1 nitrogen and oxygen atoms in total. The van der Waals surface area contributed by atoms with E-state index in [2.05, 4.69) is 39.8 Å². The molecule has 26 heavy (non-hydrogen) atoms. The first-order valence-corrected chi connectivity index (χ1v) is 11.6. The first-order valence-electron chi connectivity index (χ1n) is 10.5. The van der Waals surface area contributed by atoms with Crippen LogP contribution in [-0.4, -0.2) is 14.1 Å². The second kappa shape index (κ2) is 12.9. The van der Waals surface area contributed by atoms with E-state index in [-0.39, 0.29) is 0 Å². The van der Waals surface area contributed by atoms with Gasteiger partial charge in [0.1, 0.15) is 0 Å². The Bertz CT molecular complexity index is 538. The van der Waals surface area contributed by atoms with Gasteiger partial charge in [0.05, 0.1) is 0 Å². The second-order valence-electron chi connectivity index (χ2n) is 7.52. The van der Waals surface area contributed by atoms with E-state index >= 15 is 0 Å². The van der Waals surface area contributed by atoms with E-state index in [1.807, 2.05) is 0 Å². The smallest absolute Gasteiger partial charge is 0.0497 e. The van der Waals surface area contributed by atoms with Crippen molar-refractivity contribution in [2.45, 2.75) is 96.7 Å². The highest BCUT2D eigenvalue weighted by Crippen LogP contribution is 2.38. The van der Waals surface area contributed by atoms with E-state index in [9.17, 15) is 0 Å². The summed E-state index contributed by atoms with van der Waals surface area (Å²) in [6.07, 6.45) is 12.2. The van der Waals surface area contributed by atoms with Gasteiger partial charge in [0.2, 0.25) is 0 Å². The summed E-state index contributed by atoms with van der Waals surface area (Å²) in [5, 5.41) is 0. The van der Waals surface area contributed by atoms with Crippen LogP contribution in [0.1, 0.15) is 93.5 Å². The number of anilines is 1. The molecule has 0 amide bonds. The Balaban J connectivity index is 3.48. The summed E-state index contributed by atoms with van der Waals surface area (Å²) in [5.74, 6) is 1.20. The van der Waals surface area contributed by atoms with Crippen molar-refractivity contribution >= 4 is 28.9 Å². The summed E-state index contributed by atoms with van der Waals surface area (Å²) < 4.78 is 0. The highest BCUT2D eigenvalue weighted by molar-refractivity contribution is 6.18. The zero-order valence-electron chi connectivity index (χ0n) is 17.7. The Morgan fingerprint density at radius 1 is 0.615 bits per heavy atom. The van der Waals surface area contributed by atoms with Gasteiger partial charge in [-0.15, -0.1) is 23.2 Å². The van der Waals surface area contributed by atoms with Crippen LogP contribution in [0.25, 0.3) is 0 Å². The minimum absolute atomic E-state index is 0.590. The van der Waals surface area contributed by atoms with Crippen molar-refractivity contribution < 1.29 is 0 Å². The molecule has 150 valence electrons. The van der Waals surface area contributed by atoms with Crippen LogP contribution in [0, 0.1) is 0 Å². The van der Waals surface area contributed by atoms with E-state index in [1.54, 1.807) is 0 Å². The number of hydrogen-bond acceptors (Lipinski definition) is 1. The maximum atomic E-state index is 6.52. The van der Waals surface area contributed by atoms with Crippen LogP contribution in [0.2, 0.25) is 0 Å².